The molecule has 1 fully saturated rings. The van der Waals surface area contributed by atoms with Crippen LogP contribution in [0.1, 0.15) is 0 Å². The van der Waals surface area contributed by atoms with Crippen LogP contribution in [0.2, 0.25) is 0 Å². The average molecular weight is 281 g/mol. The van der Waals surface area contributed by atoms with Crippen molar-refractivity contribution in [3.63, 3.8) is 0 Å². The standard InChI is InChI=1S/C8H14IN2O/c1-10-2-4-11(5-3-10)6-8(9)7-12/h8H,2-6H2,1H3. The van der Waals surface area contributed by atoms with E-state index in [9.17, 15) is 4.79 Å². The first kappa shape index (κ1) is 10.4. The highest BCUT2D eigenvalue weighted by Gasteiger charge is 2.16. The third kappa shape index (κ3) is 3.37. The Morgan fingerprint density at radius 3 is 2.50 bits per heavy atom. The lowest BCUT2D eigenvalue weighted by Crippen LogP contribution is -2.46. The molecule has 1 aliphatic heterocycles. The summed E-state index contributed by atoms with van der Waals surface area (Å²) in [6.07, 6.45) is 2.00. The van der Waals surface area contributed by atoms with Crippen molar-refractivity contribution in [2.45, 2.75) is 3.92 Å². The van der Waals surface area contributed by atoms with Crippen molar-refractivity contribution in [2.24, 2.45) is 0 Å². The molecule has 0 aliphatic carbocycles. The first-order valence-electron chi connectivity index (χ1n) is 4.15. The van der Waals surface area contributed by atoms with Gasteiger partial charge >= 0.3 is 0 Å². The second-order valence-corrected chi connectivity index (χ2v) is 4.69. The molecule has 1 unspecified atom stereocenters. The monoisotopic (exact) mass is 281 g/mol. The highest BCUT2D eigenvalue weighted by molar-refractivity contribution is 14.1. The Labute approximate surface area is 87.2 Å². The van der Waals surface area contributed by atoms with E-state index >= 15 is 0 Å². The van der Waals surface area contributed by atoms with Crippen LogP contribution >= 0.6 is 22.6 Å². The second kappa shape index (κ2) is 5.14. The zero-order chi connectivity index (χ0) is 8.97. The van der Waals surface area contributed by atoms with E-state index in [-0.39, 0.29) is 3.92 Å². The summed E-state index contributed by atoms with van der Waals surface area (Å²) in [5, 5.41) is 0. The number of hydrogen-bond acceptors (Lipinski definition) is 3. The summed E-state index contributed by atoms with van der Waals surface area (Å²) in [6, 6.07) is 0. The number of hydrogen-bond donors (Lipinski definition) is 0. The molecule has 1 rings (SSSR count). The number of piperazine rings is 1. The molecule has 0 N–H and O–H groups in total. The molecular weight excluding hydrogens is 267 g/mol. The van der Waals surface area contributed by atoms with Crippen molar-refractivity contribution in [1.29, 1.82) is 0 Å². The molecule has 0 aromatic carbocycles. The average Bonchev–Trinajstić information content (AvgIpc) is 2.09. The Balaban J connectivity index is 2.21. The van der Waals surface area contributed by atoms with Crippen LogP contribution in [0.5, 0.6) is 0 Å². The summed E-state index contributed by atoms with van der Waals surface area (Å²) < 4.78 is 0.0333. The van der Waals surface area contributed by atoms with Gasteiger partial charge in [-0.2, -0.15) is 0 Å². The van der Waals surface area contributed by atoms with E-state index in [0.29, 0.717) is 0 Å². The lowest BCUT2D eigenvalue weighted by molar-refractivity contribution is 0.159. The molecule has 0 amide bonds. The zero-order valence-corrected chi connectivity index (χ0v) is 9.45. The molecule has 1 radical (unpaired) electrons. The maximum absolute atomic E-state index is 10.3. The summed E-state index contributed by atoms with van der Waals surface area (Å²) in [5.41, 5.74) is 0. The van der Waals surface area contributed by atoms with Crippen LogP contribution in [0.4, 0.5) is 0 Å². The Morgan fingerprint density at radius 2 is 2.00 bits per heavy atom. The first-order chi connectivity index (χ1) is 5.72. The van der Waals surface area contributed by atoms with Gasteiger partial charge < -0.3 is 4.90 Å². The van der Waals surface area contributed by atoms with Gasteiger partial charge in [-0.15, -0.1) is 0 Å². The lowest BCUT2D eigenvalue weighted by Gasteiger charge is -2.32. The van der Waals surface area contributed by atoms with Crippen molar-refractivity contribution in [2.75, 3.05) is 39.8 Å². The van der Waals surface area contributed by atoms with Crippen molar-refractivity contribution >= 4 is 28.9 Å². The van der Waals surface area contributed by atoms with Crippen LogP contribution in [0.25, 0.3) is 0 Å². The van der Waals surface area contributed by atoms with Gasteiger partial charge in [-0.05, 0) is 7.05 Å². The Hall–Kier alpha value is 0.320. The van der Waals surface area contributed by atoms with Gasteiger partial charge in [0, 0.05) is 32.7 Å². The van der Waals surface area contributed by atoms with Gasteiger partial charge in [0.15, 0.2) is 0 Å². The summed E-state index contributed by atoms with van der Waals surface area (Å²) in [4.78, 5) is 14.9. The first-order valence-corrected chi connectivity index (χ1v) is 5.39. The summed E-state index contributed by atoms with van der Waals surface area (Å²) >= 11 is 2.13. The summed E-state index contributed by atoms with van der Waals surface area (Å²) in [6.45, 7) is 5.25. The minimum Gasteiger partial charge on any atom is -0.304 e. The molecule has 1 atom stereocenters. The fourth-order valence-corrected chi connectivity index (χ4v) is 1.85. The van der Waals surface area contributed by atoms with Crippen LogP contribution in [0.15, 0.2) is 0 Å². The number of rotatable bonds is 3. The molecule has 4 heteroatoms. The molecule has 0 spiro atoms. The lowest BCUT2D eigenvalue weighted by atomic mass is 10.3. The van der Waals surface area contributed by atoms with Crippen LogP contribution in [0, 0.1) is 0 Å². The van der Waals surface area contributed by atoms with Gasteiger partial charge in [0.1, 0.15) is 0 Å². The Kier molecular flexibility index (Phi) is 4.45. The Morgan fingerprint density at radius 1 is 1.42 bits per heavy atom. The third-order valence-electron chi connectivity index (χ3n) is 2.14. The van der Waals surface area contributed by atoms with E-state index in [1.807, 2.05) is 6.29 Å². The highest BCUT2D eigenvalue weighted by Crippen LogP contribution is 2.04. The zero-order valence-electron chi connectivity index (χ0n) is 7.29. The van der Waals surface area contributed by atoms with Crippen LogP contribution in [0.3, 0.4) is 0 Å². The highest BCUT2D eigenvalue weighted by atomic mass is 127. The topological polar surface area (TPSA) is 23.6 Å². The predicted octanol–water partition coefficient (Wildman–Crippen LogP) is 0.147. The maximum Gasteiger partial charge on any atom is 0.213 e. The molecule has 3 nitrogen and oxygen atoms in total. The maximum atomic E-state index is 10.3. The quantitative estimate of drug-likeness (QED) is 0.543. The number of likely N-dealkylation sites (N-methyl/N-ethyl adjacent to an activating group) is 1. The predicted molar refractivity (Wildman–Crippen MR) is 57.4 cm³/mol. The molecule has 69 valence electrons. The minimum atomic E-state index is 0.0333. The Bertz CT molecular complexity index is 146. The van der Waals surface area contributed by atoms with Gasteiger partial charge in [0.25, 0.3) is 0 Å². The van der Waals surface area contributed by atoms with E-state index in [2.05, 4.69) is 39.4 Å². The van der Waals surface area contributed by atoms with E-state index < -0.39 is 0 Å². The summed E-state index contributed by atoms with van der Waals surface area (Å²) in [5.74, 6) is 0. The largest absolute Gasteiger partial charge is 0.304 e. The van der Waals surface area contributed by atoms with Gasteiger partial charge in [-0.25, -0.2) is 0 Å². The van der Waals surface area contributed by atoms with E-state index in [1.54, 1.807) is 0 Å². The van der Waals surface area contributed by atoms with Crippen molar-refractivity contribution in [1.82, 2.24) is 9.80 Å². The van der Waals surface area contributed by atoms with Gasteiger partial charge in [0.2, 0.25) is 6.29 Å². The fourth-order valence-electron chi connectivity index (χ4n) is 1.29. The van der Waals surface area contributed by atoms with Gasteiger partial charge in [-0.1, -0.05) is 22.6 Å². The van der Waals surface area contributed by atoms with Gasteiger partial charge in [0.05, 0.1) is 3.92 Å². The minimum absolute atomic E-state index is 0.0333. The molecule has 12 heavy (non-hydrogen) atoms. The van der Waals surface area contributed by atoms with E-state index in [0.717, 1.165) is 32.7 Å². The number of carbonyl (C=O) groups excluding carboxylic acids is 1. The molecule has 0 bridgehead atoms. The van der Waals surface area contributed by atoms with Crippen molar-refractivity contribution in [3.05, 3.63) is 0 Å². The van der Waals surface area contributed by atoms with E-state index in [4.69, 9.17) is 0 Å². The smallest absolute Gasteiger partial charge is 0.213 e. The molecule has 1 aliphatic rings. The van der Waals surface area contributed by atoms with Crippen molar-refractivity contribution in [3.8, 4) is 0 Å². The third-order valence-corrected chi connectivity index (χ3v) is 2.79. The van der Waals surface area contributed by atoms with Crippen LogP contribution < -0.4 is 0 Å². The normalized spacial score (nSPS) is 23.8. The van der Waals surface area contributed by atoms with Crippen molar-refractivity contribution < 1.29 is 4.79 Å². The van der Waals surface area contributed by atoms with Gasteiger partial charge in [-0.3, -0.25) is 9.69 Å². The number of halogens is 1. The fraction of sp³-hybridized carbons (Fsp3) is 0.875. The van der Waals surface area contributed by atoms with Crippen LogP contribution in [-0.2, 0) is 4.79 Å². The van der Waals surface area contributed by atoms with E-state index in [1.165, 1.54) is 0 Å². The molecular formula is C8H14IN2O. The molecule has 0 aromatic rings. The molecule has 1 heterocycles. The number of nitrogens with zero attached hydrogens (tertiary/aromatic N) is 2. The molecule has 0 aromatic heterocycles. The summed E-state index contributed by atoms with van der Waals surface area (Å²) in [7, 11) is 2.13. The second-order valence-electron chi connectivity index (χ2n) is 3.19. The van der Waals surface area contributed by atoms with Crippen LogP contribution in [-0.4, -0.2) is 59.8 Å². The SMILES string of the molecule is CN1CCN(CC(I)[C]=O)CC1. The number of alkyl halides is 1. The molecule has 0 saturated carbocycles. The molecule has 1 saturated heterocycles.